The molecule has 2 N–H and O–H groups in total. The van der Waals surface area contributed by atoms with Crippen molar-refractivity contribution in [2.75, 3.05) is 7.05 Å². The monoisotopic (exact) mass is 360 g/mol. The van der Waals surface area contributed by atoms with Crippen molar-refractivity contribution in [2.45, 2.75) is 52.1 Å². The first-order valence-electron chi connectivity index (χ1n) is 9.15. The lowest BCUT2D eigenvalue weighted by molar-refractivity contribution is -0.142. The van der Waals surface area contributed by atoms with Crippen LogP contribution >= 0.6 is 0 Å². The van der Waals surface area contributed by atoms with E-state index in [0.717, 1.165) is 5.56 Å². The summed E-state index contributed by atoms with van der Waals surface area (Å²) in [5.41, 5.74) is 1.55. The summed E-state index contributed by atoms with van der Waals surface area (Å²) in [5, 5.41) is 12.0. The standard InChI is InChI=1S/C20H28N2O4/c1-13(2)19(24)22(3)12-14-4-6-15(7-5-14)18(23)21-17-10-8-16(9-11-17)20(25)26/h4-7,13,16-17H,8-12H2,1-3H3,(H,21,23)(H,25,26). The quantitative estimate of drug-likeness (QED) is 0.816. The molecule has 0 atom stereocenters. The molecule has 2 amide bonds. The minimum atomic E-state index is -0.744. The lowest BCUT2D eigenvalue weighted by Crippen LogP contribution is -2.38. The Balaban J connectivity index is 1.87. The Labute approximate surface area is 154 Å². The van der Waals surface area contributed by atoms with Gasteiger partial charge in [0.2, 0.25) is 5.91 Å². The second-order valence-corrected chi connectivity index (χ2v) is 7.41. The fourth-order valence-corrected chi connectivity index (χ4v) is 3.31. The van der Waals surface area contributed by atoms with E-state index in [9.17, 15) is 14.4 Å². The highest BCUT2D eigenvalue weighted by molar-refractivity contribution is 5.94. The van der Waals surface area contributed by atoms with Gasteiger partial charge in [0.15, 0.2) is 0 Å². The Hall–Kier alpha value is -2.37. The van der Waals surface area contributed by atoms with Gasteiger partial charge >= 0.3 is 5.97 Å². The zero-order valence-electron chi connectivity index (χ0n) is 15.7. The molecule has 0 saturated heterocycles. The molecular formula is C20H28N2O4. The molecule has 0 spiro atoms. The van der Waals surface area contributed by atoms with Crippen molar-refractivity contribution in [2.24, 2.45) is 11.8 Å². The van der Waals surface area contributed by atoms with Crippen LogP contribution < -0.4 is 5.32 Å². The van der Waals surface area contributed by atoms with Crippen LogP contribution in [0, 0.1) is 11.8 Å². The van der Waals surface area contributed by atoms with Crippen molar-refractivity contribution >= 4 is 17.8 Å². The van der Waals surface area contributed by atoms with Crippen molar-refractivity contribution in [3.8, 4) is 0 Å². The average molecular weight is 360 g/mol. The lowest BCUT2D eigenvalue weighted by atomic mass is 9.86. The van der Waals surface area contributed by atoms with Crippen molar-refractivity contribution < 1.29 is 19.5 Å². The van der Waals surface area contributed by atoms with Crippen LogP contribution in [0.3, 0.4) is 0 Å². The summed E-state index contributed by atoms with van der Waals surface area (Å²) in [6.45, 7) is 4.25. The van der Waals surface area contributed by atoms with Gasteiger partial charge in [-0.05, 0) is 43.4 Å². The Kier molecular flexibility index (Phi) is 6.77. The van der Waals surface area contributed by atoms with Gasteiger partial charge in [0.25, 0.3) is 5.91 Å². The molecule has 1 aromatic rings. The normalized spacial score (nSPS) is 19.8. The first-order valence-corrected chi connectivity index (χ1v) is 9.15. The predicted molar refractivity (Wildman–Crippen MR) is 98.6 cm³/mol. The molecule has 1 aromatic carbocycles. The van der Waals surface area contributed by atoms with Gasteiger partial charge in [-0.2, -0.15) is 0 Å². The highest BCUT2D eigenvalue weighted by Crippen LogP contribution is 2.24. The highest BCUT2D eigenvalue weighted by Gasteiger charge is 2.26. The molecular weight excluding hydrogens is 332 g/mol. The third-order valence-electron chi connectivity index (χ3n) is 4.92. The zero-order valence-corrected chi connectivity index (χ0v) is 15.7. The van der Waals surface area contributed by atoms with E-state index >= 15 is 0 Å². The van der Waals surface area contributed by atoms with Crippen molar-refractivity contribution in [1.29, 1.82) is 0 Å². The molecule has 26 heavy (non-hydrogen) atoms. The van der Waals surface area contributed by atoms with Crippen LogP contribution in [-0.4, -0.2) is 40.9 Å². The van der Waals surface area contributed by atoms with Crippen LogP contribution in [0.5, 0.6) is 0 Å². The molecule has 0 radical (unpaired) electrons. The van der Waals surface area contributed by atoms with Gasteiger partial charge in [-0.15, -0.1) is 0 Å². The largest absolute Gasteiger partial charge is 0.481 e. The number of rotatable bonds is 6. The summed E-state index contributed by atoms with van der Waals surface area (Å²) in [4.78, 5) is 37.0. The number of nitrogens with one attached hydrogen (secondary N) is 1. The Morgan fingerprint density at radius 2 is 1.69 bits per heavy atom. The van der Waals surface area contributed by atoms with E-state index in [2.05, 4.69) is 5.32 Å². The minimum absolute atomic E-state index is 0.0348. The third kappa shape index (κ3) is 5.31. The maximum absolute atomic E-state index is 12.4. The molecule has 2 rings (SSSR count). The molecule has 0 bridgehead atoms. The van der Waals surface area contributed by atoms with Crippen LogP contribution in [0.2, 0.25) is 0 Å². The van der Waals surface area contributed by atoms with Gasteiger partial charge in [0, 0.05) is 31.1 Å². The number of amides is 2. The highest BCUT2D eigenvalue weighted by atomic mass is 16.4. The molecule has 1 fully saturated rings. The number of carbonyl (C=O) groups is 3. The van der Waals surface area contributed by atoms with E-state index in [4.69, 9.17) is 5.11 Å². The van der Waals surface area contributed by atoms with Crippen molar-refractivity contribution in [1.82, 2.24) is 10.2 Å². The number of hydrogen-bond acceptors (Lipinski definition) is 3. The van der Waals surface area contributed by atoms with Gasteiger partial charge in [-0.3, -0.25) is 14.4 Å². The number of carbonyl (C=O) groups excluding carboxylic acids is 2. The molecule has 6 heteroatoms. The van der Waals surface area contributed by atoms with Crippen LogP contribution in [0.15, 0.2) is 24.3 Å². The molecule has 0 aliphatic heterocycles. The summed E-state index contributed by atoms with van der Waals surface area (Å²) >= 11 is 0. The number of nitrogens with zero attached hydrogens (tertiary/aromatic N) is 1. The summed E-state index contributed by atoms with van der Waals surface area (Å²) in [5.74, 6) is -1.12. The fourth-order valence-electron chi connectivity index (χ4n) is 3.31. The molecule has 0 unspecified atom stereocenters. The second-order valence-electron chi connectivity index (χ2n) is 7.41. The predicted octanol–water partition coefficient (Wildman–Crippen LogP) is 2.67. The van der Waals surface area contributed by atoms with E-state index < -0.39 is 5.97 Å². The Morgan fingerprint density at radius 3 is 2.19 bits per heavy atom. The summed E-state index contributed by atoms with van der Waals surface area (Å²) in [6, 6.07) is 7.29. The average Bonchev–Trinajstić information content (AvgIpc) is 2.61. The van der Waals surface area contributed by atoms with Crippen LogP contribution in [-0.2, 0) is 16.1 Å². The van der Waals surface area contributed by atoms with E-state index in [0.29, 0.717) is 37.8 Å². The van der Waals surface area contributed by atoms with Crippen LogP contribution in [0.1, 0.15) is 55.5 Å². The fraction of sp³-hybridized carbons (Fsp3) is 0.550. The Morgan fingerprint density at radius 1 is 1.12 bits per heavy atom. The summed E-state index contributed by atoms with van der Waals surface area (Å²) in [6.07, 6.45) is 2.61. The summed E-state index contributed by atoms with van der Waals surface area (Å²) < 4.78 is 0. The number of benzene rings is 1. The maximum atomic E-state index is 12.4. The number of aliphatic carboxylic acids is 1. The lowest BCUT2D eigenvalue weighted by Gasteiger charge is -2.26. The molecule has 0 heterocycles. The third-order valence-corrected chi connectivity index (χ3v) is 4.92. The molecule has 0 aromatic heterocycles. The first kappa shape index (κ1) is 19.9. The van der Waals surface area contributed by atoms with Gasteiger partial charge in [0.05, 0.1) is 5.92 Å². The zero-order chi connectivity index (χ0) is 19.3. The van der Waals surface area contributed by atoms with E-state index in [1.165, 1.54) is 0 Å². The molecule has 1 aliphatic rings. The van der Waals surface area contributed by atoms with Gasteiger partial charge in [0.1, 0.15) is 0 Å². The van der Waals surface area contributed by atoms with E-state index in [1.54, 1.807) is 24.1 Å². The Bertz CT molecular complexity index is 646. The number of carboxylic acid groups (broad SMARTS) is 1. The number of carboxylic acids is 1. The van der Waals surface area contributed by atoms with Crippen LogP contribution in [0.25, 0.3) is 0 Å². The van der Waals surface area contributed by atoms with Gasteiger partial charge < -0.3 is 15.3 Å². The van der Waals surface area contributed by atoms with E-state index in [1.807, 2.05) is 26.0 Å². The SMILES string of the molecule is CC(C)C(=O)N(C)Cc1ccc(C(=O)NC2CCC(C(=O)O)CC2)cc1. The second kappa shape index (κ2) is 8.83. The maximum Gasteiger partial charge on any atom is 0.306 e. The topological polar surface area (TPSA) is 86.7 Å². The molecule has 1 aliphatic carbocycles. The smallest absolute Gasteiger partial charge is 0.306 e. The summed E-state index contributed by atoms with van der Waals surface area (Å²) in [7, 11) is 1.77. The first-order chi connectivity index (χ1) is 12.3. The van der Waals surface area contributed by atoms with Gasteiger partial charge in [-0.1, -0.05) is 26.0 Å². The van der Waals surface area contributed by atoms with Crippen LogP contribution in [0.4, 0.5) is 0 Å². The van der Waals surface area contributed by atoms with Gasteiger partial charge in [-0.25, -0.2) is 0 Å². The van der Waals surface area contributed by atoms with Crippen molar-refractivity contribution in [3.63, 3.8) is 0 Å². The van der Waals surface area contributed by atoms with E-state index in [-0.39, 0.29) is 29.7 Å². The minimum Gasteiger partial charge on any atom is -0.481 e. The van der Waals surface area contributed by atoms with Crippen molar-refractivity contribution in [3.05, 3.63) is 35.4 Å². The molecule has 6 nitrogen and oxygen atoms in total. The molecule has 1 saturated carbocycles. The molecule has 142 valence electrons. The number of hydrogen-bond donors (Lipinski definition) is 2.